The predicted molar refractivity (Wildman–Crippen MR) is 73.1 cm³/mol. The van der Waals surface area contributed by atoms with Gasteiger partial charge in [0.2, 0.25) is 5.91 Å². The Balaban J connectivity index is 2.39. The highest BCUT2D eigenvalue weighted by atomic mass is 16.5. The third-order valence-corrected chi connectivity index (χ3v) is 2.90. The van der Waals surface area contributed by atoms with Crippen molar-refractivity contribution in [1.29, 1.82) is 0 Å². The molecule has 0 spiro atoms. The zero-order valence-electron chi connectivity index (χ0n) is 10.8. The molecule has 0 aliphatic rings. The molecule has 2 rings (SSSR count). The Bertz CT molecular complexity index is 662. The quantitative estimate of drug-likeness (QED) is 0.829. The summed E-state index contributed by atoms with van der Waals surface area (Å²) < 4.78 is 4.96. The molecule has 5 heteroatoms. The van der Waals surface area contributed by atoms with Crippen molar-refractivity contribution in [3.8, 4) is 11.5 Å². The van der Waals surface area contributed by atoms with Gasteiger partial charge in [0.1, 0.15) is 0 Å². The molecule has 0 aromatic heterocycles. The van der Waals surface area contributed by atoms with E-state index in [9.17, 15) is 14.7 Å². The molecule has 1 amide bonds. The topological polar surface area (TPSA) is 89.6 Å². The smallest absolute Gasteiger partial charge is 0.248 e. The molecule has 0 fully saturated rings. The molecule has 2 aromatic rings. The molecule has 0 aliphatic carbocycles. The van der Waals surface area contributed by atoms with Gasteiger partial charge in [-0.15, -0.1) is 0 Å². The maximum Gasteiger partial charge on any atom is 0.248 e. The third-order valence-electron chi connectivity index (χ3n) is 2.90. The van der Waals surface area contributed by atoms with E-state index in [0.29, 0.717) is 11.1 Å². The summed E-state index contributed by atoms with van der Waals surface area (Å²) in [6.45, 7) is 0. The number of hydrogen-bond donors (Lipinski definition) is 2. The lowest BCUT2D eigenvalue weighted by Gasteiger charge is -2.08. The first-order valence-corrected chi connectivity index (χ1v) is 5.85. The number of aromatic hydroxyl groups is 1. The highest BCUT2D eigenvalue weighted by molar-refractivity contribution is 6.11. The number of nitrogens with two attached hydrogens (primary N) is 1. The van der Waals surface area contributed by atoms with Crippen LogP contribution in [0.1, 0.15) is 26.3 Å². The van der Waals surface area contributed by atoms with Crippen molar-refractivity contribution in [2.24, 2.45) is 5.73 Å². The molecule has 0 unspecified atom stereocenters. The van der Waals surface area contributed by atoms with E-state index in [0.717, 1.165) is 0 Å². The molecule has 2 aromatic carbocycles. The van der Waals surface area contributed by atoms with Crippen molar-refractivity contribution in [2.45, 2.75) is 0 Å². The van der Waals surface area contributed by atoms with Crippen LogP contribution in [0.2, 0.25) is 0 Å². The SMILES string of the molecule is COc1cccc(C(=O)c2ccc(C(N)=O)cc2)c1O. The molecule has 0 aliphatic heterocycles. The van der Waals surface area contributed by atoms with Gasteiger partial charge in [-0.05, 0) is 24.3 Å². The summed E-state index contributed by atoms with van der Waals surface area (Å²) in [6.07, 6.45) is 0. The number of ketones is 1. The van der Waals surface area contributed by atoms with Gasteiger partial charge in [0.15, 0.2) is 17.3 Å². The van der Waals surface area contributed by atoms with Crippen LogP contribution in [0, 0.1) is 0 Å². The van der Waals surface area contributed by atoms with Crippen molar-refractivity contribution in [1.82, 2.24) is 0 Å². The first-order valence-electron chi connectivity index (χ1n) is 5.85. The fraction of sp³-hybridized carbons (Fsp3) is 0.0667. The molecule has 0 heterocycles. The van der Waals surface area contributed by atoms with Crippen LogP contribution >= 0.6 is 0 Å². The molecule has 3 N–H and O–H groups in total. The summed E-state index contributed by atoms with van der Waals surface area (Å²) in [7, 11) is 1.41. The number of carbonyl (C=O) groups excluding carboxylic acids is 2. The minimum absolute atomic E-state index is 0.135. The van der Waals surface area contributed by atoms with E-state index in [-0.39, 0.29) is 22.8 Å². The van der Waals surface area contributed by atoms with Crippen LogP contribution in [0.25, 0.3) is 0 Å². The van der Waals surface area contributed by atoms with Crippen LogP contribution in [-0.4, -0.2) is 23.9 Å². The highest BCUT2D eigenvalue weighted by Gasteiger charge is 2.16. The Hall–Kier alpha value is -2.82. The van der Waals surface area contributed by atoms with E-state index in [4.69, 9.17) is 10.5 Å². The Labute approximate surface area is 115 Å². The maximum atomic E-state index is 12.3. The van der Waals surface area contributed by atoms with E-state index in [1.54, 1.807) is 12.1 Å². The number of amides is 1. The number of rotatable bonds is 4. The van der Waals surface area contributed by atoms with Crippen LogP contribution < -0.4 is 10.5 Å². The fourth-order valence-electron chi connectivity index (χ4n) is 1.81. The number of methoxy groups -OCH3 is 1. The van der Waals surface area contributed by atoms with Gasteiger partial charge in [0, 0.05) is 11.1 Å². The summed E-state index contributed by atoms with van der Waals surface area (Å²) in [4.78, 5) is 23.3. The van der Waals surface area contributed by atoms with E-state index in [1.165, 1.54) is 37.4 Å². The molecule has 0 radical (unpaired) electrons. The lowest BCUT2D eigenvalue weighted by molar-refractivity contribution is 0.0996. The van der Waals surface area contributed by atoms with Crippen molar-refractivity contribution in [3.05, 3.63) is 59.2 Å². The second-order valence-corrected chi connectivity index (χ2v) is 4.13. The van der Waals surface area contributed by atoms with Crippen LogP contribution in [0.15, 0.2) is 42.5 Å². The van der Waals surface area contributed by atoms with Crippen LogP contribution in [0.3, 0.4) is 0 Å². The largest absolute Gasteiger partial charge is 0.504 e. The normalized spacial score (nSPS) is 10.1. The zero-order chi connectivity index (χ0) is 14.7. The molecule has 5 nitrogen and oxygen atoms in total. The van der Waals surface area contributed by atoms with Gasteiger partial charge < -0.3 is 15.6 Å². The fourth-order valence-corrected chi connectivity index (χ4v) is 1.81. The van der Waals surface area contributed by atoms with Crippen molar-refractivity contribution in [3.63, 3.8) is 0 Å². The monoisotopic (exact) mass is 271 g/mol. The highest BCUT2D eigenvalue weighted by Crippen LogP contribution is 2.30. The van der Waals surface area contributed by atoms with Crippen molar-refractivity contribution in [2.75, 3.05) is 7.11 Å². The van der Waals surface area contributed by atoms with Crippen LogP contribution in [-0.2, 0) is 0 Å². The predicted octanol–water partition coefficient (Wildman–Crippen LogP) is 1.73. The summed E-state index contributed by atoms with van der Waals surface area (Å²) in [5, 5.41) is 9.94. The van der Waals surface area contributed by atoms with Crippen LogP contribution in [0.5, 0.6) is 11.5 Å². The summed E-state index contributed by atoms with van der Waals surface area (Å²) in [6, 6.07) is 10.6. The molecule has 20 heavy (non-hydrogen) atoms. The maximum absolute atomic E-state index is 12.3. The number of benzene rings is 2. The van der Waals surface area contributed by atoms with E-state index < -0.39 is 5.91 Å². The third kappa shape index (κ3) is 2.47. The van der Waals surface area contributed by atoms with Crippen LogP contribution in [0.4, 0.5) is 0 Å². The number of phenols is 1. The molecule has 0 saturated carbocycles. The lowest BCUT2D eigenvalue weighted by atomic mass is 10.0. The Morgan fingerprint density at radius 3 is 2.20 bits per heavy atom. The van der Waals surface area contributed by atoms with E-state index in [1.807, 2.05) is 0 Å². The average molecular weight is 271 g/mol. The first-order chi connectivity index (χ1) is 9.54. The van der Waals surface area contributed by atoms with Gasteiger partial charge >= 0.3 is 0 Å². The Kier molecular flexibility index (Phi) is 3.70. The number of carbonyl (C=O) groups is 2. The molecular weight excluding hydrogens is 258 g/mol. The van der Waals surface area contributed by atoms with E-state index >= 15 is 0 Å². The average Bonchev–Trinajstić information content (AvgIpc) is 2.47. The number of primary amides is 1. The second kappa shape index (κ2) is 5.44. The number of phenolic OH excluding ortho intramolecular Hbond substituents is 1. The number of hydrogen-bond acceptors (Lipinski definition) is 4. The van der Waals surface area contributed by atoms with Crippen molar-refractivity contribution < 1.29 is 19.4 Å². The first kappa shape index (κ1) is 13.6. The molecule has 0 saturated heterocycles. The molecular formula is C15H13NO4. The second-order valence-electron chi connectivity index (χ2n) is 4.13. The lowest BCUT2D eigenvalue weighted by Crippen LogP contribution is -2.11. The Morgan fingerprint density at radius 2 is 1.65 bits per heavy atom. The minimum atomic E-state index is -0.562. The number of para-hydroxylation sites is 1. The van der Waals surface area contributed by atoms with E-state index in [2.05, 4.69) is 0 Å². The summed E-state index contributed by atoms with van der Waals surface area (Å²) >= 11 is 0. The summed E-state index contributed by atoms with van der Waals surface area (Å²) in [5.41, 5.74) is 5.93. The standard InChI is InChI=1S/C15H13NO4/c1-20-12-4-2-3-11(14(12)18)13(17)9-5-7-10(8-6-9)15(16)19/h2-8,18H,1H3,(H2,16,19). The van der Waals surface area contributed by atoms with Gasteiger partial charge in [-0.3, -0.25) is 9.59 Å². The van der Waals surface area contributed by atoms with Gasteiger partial charge in [0.25, 0.3) is 0 Å². The summed E-state index contributed by atoms with van der Waals surface area (Å²) in [5.74, 6) is -0.908. The Morgan fingerprint density at radius 1 is 1.05 bits per heavy atom. The zero-order valence-corrected chi connectivity index (χ0v) is 10.8. The molecule has 102 valence electrons. The van der Waals surface area contributed by atoms with Gasteiger partial charge in [0.05, 0.1) is 12.7 Å². The van der Waals surface area contributed by atoms with Gasteiger partial charge in [-0.1, -0.05) is 18.2 Å². The number of ether oxygens (including phenoxy) is 1. The van der Waals surface area contributed by atoms with Crippen molar-refractivity contribution >= 4 is 11.7 Å². The molecule has 0 atom stereocenters. The van der Waals surface area contributed by atoms with Gasteiger partial charge in [-0.25, -0.2) is 0 Å². The molecule has 0 bridgehead atoms. The van der Waals surface area contributed by atoms with Gasteiger partial charge in [-0.2, -0.15) is 0 Å². The minimum Gasteiger partial charge on any atom is -0.504 e.